The number of amides is 1. The van der Waals surface area contributed by atoms with Crippen LogP contribution < -0.4 is 5.32 Å². The van der Waals surface area contributed by atoms with Crippen molar-refractivity contribution < 1.29 is 9.53 Å². The molecule has 2 heterocycles. The van der Waals surface area contributed by atoms with Crippen molar-refractivity contribution in [2.75, 3.05) is 38.6 Å². The van der Waals surface area contributed by atoms with E-state index in [-0.39, 0.29) is 17.0 Å². The molecule has 1 saturated heterocycles. The van der Waals surface area contributed by atoms with Crippen LogP contribution in [-0.4, -0.2) is 75.2 Å². The lowest BCUT2D eigenvalue weighted by Gasteiger charge is -2.48. The van der Waals surface area contributed by atoms with Gasteiger partial charge >= 0.3 is 0 Å². The van der Waals surface area contributed by atoms with Gasteiger partial charge in [0.25, 0.3) is 0 Å². The molecule has 0 bridgehead atoms. The van der Waals surface area contributed by atoms with Crippen molar-refractivity contribution >= 4 is 17.7 Å². The van der Waals surface area contributed by atoms with Crippen molar-refractivity contribution in [1.29, 1.82) is 0 Å². The average Bonchev–Trinajstić information content (AvgIpc) is 3.15. The van der Waals surface area contributed by atoms with Gasteiger partial charge in [0.1, 0.15) is 0 Å². The molecule has 8 nitrogen and oxygen atoms in total. The van der Waals surface area contributed by atoms with Crippen LogP contribution in [-0.2, 0) is 15.1 Å². The van der Waals surface area contributed by atoms with Crippen LogP contribution in [0, 0.1) is 0 Å². The van der Waals surface area contributed by atoms with Crippen LogP contribution in [0.25, 0.3) is 0 Å². The number of nitrogens with zero attached hydrogens (tertiary/aromatic N) is 5. The monoisotopic (exact) mass is 396 g/mol. The van der Waals surface area contributed by atoms with Crippen LogP contribution in [0.1, 0.15) is 52.9 Å². The van der Waals surface area contributed by atoms with E-state index in [1.54, 1.807) is 4.68 Å². The van der Waals surface area contributed by atoms with Gasteiger partial charge in [0.05, 0.1) is 24.5 Å². The second kappa shape index (κ2) is 8.87. The van der Waals surface area contributed by atoms with Gasteiger partial charge in [-0.3, -0.25) is 9.69 Å². The van der Waals surface area contributed by atoms with E-state index in [9.17, 15) is 4.79 Å². The quantitative estimate of drug-likeness (QED) is 0.732. The van der Waals surface area contributed by atoms with Crippen LogP contribution in [0.3, 0.4) is 0 Å². The second-order valence-electron chi connectivity index (χ2n) is 8.49. The fourth-order valence-electron chi connectivity index (χ4n) is 3.99. The third-order valence-corrected chi connectivity index (χ3v) is 6.41. The number of nitrogens with one attached hydrogen (secondary N) is 1. The Balaban J connectivity index is 1.54. The molecule has 0 unspecified atom stereocenters. The van der Waals surface area contributed by atoms with Gasteiger partial charge in [-0.2, -0.15) is 0 Å². The zero-order valence-corrected chi connectivity index (χ0v) is 17.6. The Hall–Kier alpha value is -1.19. The molecule has 152 valence electrons. The van der Waals surface area contributed by atoms with Gasteiger partial charge in [0, 0.05) is 25.2 Å². The number of carbonyl (C=O) groups excluding carboxylic acids is 1. The van der Waals surface area contributed by atoms with Crippen molar-refractivity contribution in [3.05, 3.63) is 0 Å². The molecule has 1 saturated carbocycles. The van der Waals surface area contributed by atoms with Crippen molar-refractivity contribution in [3.63, 3.8) is 0 Å². The molecule has 1 amide bonds. The summed E-state index contributed by atoms with van der Waals surface area (Å²) in [6, 6.07) is 0. The van der Waals surface area contributed by atoms with E-state index in [0.717, 1.165) is 45.7 Å². The smallest absolute Gasteiger partial charge is 0.230 e. The van der Waals surface area contributed by atoms with E-state index in [1.807, 2.05) is 20.8 Å². The number of carbonyl (C=O) groups is 1. The van der Waals surface area contributed by atoms with Crippen LogP contribution in [0.2, 0.25) is 0 Å². The molecule has 1 N–H and O–H groups in total. The first-order valence-corrected chi connectivity index (χ1v) is 10.9. The minimum Gasteiger partial charge on any atom is -0.379 e. The van der Waals surface area contributed by atoms with E-state index in [2.05, 4.69) is 25.7 Å². The zero-order chi connectivity index (χ0) is 19.3. The highest BCUT2D eigenvalue weighted by molar-refractivity contribution is 7.99. The van der Waals surface area contributed by atoms with E-state index in [4.69, 9.17) is 4.74 Å². The molecule has 1 aromatic rings. The van der Waals surface area contributed by atoms with Crippen LogP contribution >= 0.6 is 11.8 Å². The van der Waals surface area contributed by atoms with Gasteiger partial charge in [-0.15, -0.1) is 5.10 Å². The summed E-state index contributed by atoms with van der Waals surface area (Å²) in [5.74, 6) is 0.372. The highest BCUT2D eigenvalue weighted by atomic mass is 32.2. The summed E-state index contributed by atoms with van der Waals surface area (Å²) in [5.41, 5.74) is -0.111. The summed E-state index contributed by atoms with van der Waals surface area (Å²) in [7, 11) is 0. The first-order chi connectivity index (χ1) is 12.9. The third kappa shape index (κ3) is 5.20. The Morgan fingerprint density at radius 1 is 1.22 bits per heavy atom. The Kier molecular flexibility index (Phi) is 6.75. The lowest BCUT2D eigenvalue weighted by Crippen LogP contribution is -2.59. The fraction of sp³-hybridized carbons (Fsp3) is 0.889. The standard InChI is InChI=1S/C18H32N6O2S/c1-17(2,3)24-16(20-21-22-24)27-13-15(25)19-14-18(7-5-4-6-8-18)23-9-11-26-12-10-23/h4-14H2,1-3H3,(H,19,25). The van der Waals surface area contributed by atoms with E-state index < -0.39 is 0 Å². The number of hydrogen-bond acceptors (Lipinski definition) is 7. The minimum atomic E-state index is -0.204. The first-order valence-electron chi connectivity index (χ1n) is 9.92. The van der Waals surface area contributed by atoms with E-state index in [1.165, 1.54) is 31.0 Å². The molecule has 2 fully saturated rings. The van der Waals surface area contributed by atoms with Gasteiger partial charge in [-0.25, -0.2) is 4.68 Å². The fourth-order valence-corrected chi connectivity index (χ4v) is 4.88. The third-order valence-electron chi connectivity index (χ3n) is 5.49. The van der Waals surface area contributed by atoms with E-state index >= 15 is 0 Å². The van der Waals surface area contributed by atoms with Crippen LogP contribution in [0.15, 0.2) is 5.16 Å². The summed E-state index contributed by atoms with van der Waals surface area (Å²) in [4.78, 5) is 15.1. The van der Waals surface area contributed by atoms with Crippen molar-refractivity contribution in [1.82, 2.24) is 30.4 Å². The summed E-state index contributed by atoms with van der Waals surface area (Å²) in [6.45, 7) is 10.4. The van der Waals surface area contributed by atoms with Crippen molar-refractivity contribution in [3.8, 4) is 0 Å². The Bertz CT molecular complexity index is 618. The van der Waals surface area contributed by atoms with Gasteiger partial charge in [0.15, 0.2) is 0 Å². The highest BCUT2D eigenvalue weighted by Gasteiger charge is 2.38. The van der Waals surface area contributed by atoms with Gasteiger partial charge in [0.2, 0.25) is 11.1 Å². The molecule has 27 heavy (non-hydrogen) atoms. The largest absolute Gasteiger partial charge is 0.379 e. The molecule has 2 aliphatic rings. The molecule has 1 aliphatic heterocycles. The average molecular weight is 397 g/mol. The molecule has 1 aliphatic carbocycles. The number of rotatable bonds is 6. The van der Waals surface area contributed by atoms with Crippen molar-refractivity contribution in [2.45, 2.75) is 69.1 Å². The van der Waals surface area contributed by atoms with E-state index in [0.29, 0.717) is 10.9 Å². The topological polar surface area (TPSA) is 85.2 Å². The molecular formula is C18H32N6O2S. The SMILES string of the molecule is CC(C)(C)n1nnnc1SCC(=O)NCC1(N2CCOCC2)CCCCC1. The zero-order valence-electron chi connectivity index (χ0n) is 16.7. The van der Waals surface area contributed by atoms with Crippen LogP contribution in [0.4, 0.5) is 0 Å². The van der Waals surface area contributed by atoms with Gasteiger partial charge in [-0.05, 0) is 44.0 Å². The van der Waals surface area contributed by atoms with Gasteiger partial charge in [-0.1, -0.05) is 31.0 Å². The summed E-state index contributed by atoms with van der Waals surface area (Å²) in [6.07, 6.45) is 6.08. The summed E-state index contributed by atoms with van der Waals surface area (Å²) < 4.78 is 7.29. The Labute approximate surface area is 165 Å². The maximum atomic E-state index is 12.5. The number of tetrazole rings is 1. The molecule has 0 aromatic carbocycles. The molecular weight excluding hydrogens is 364 g/mol. The predicted octanol–water partition coefficient (Wildman–Crippen LogP) is 1.67. The number of hydrogen-bond donors (Lipinski definition) is 1. The minimum absolute atomic E-state index is 0.0432. The molecule has 3 rings (SSSR count). The predicted molar refractivity (Wildman–Crippen MR) is 105 cm³/mol. The lowest BCUT2D eigenvalue weighted by molar-refractivity contribution is -0.119. The molecule has 0 atom stereocenters. The highest BCUT2D eigenvalue weighted by Crippen LogP contribution is 2.34. The number of ether oxygens (including phenoxy) is 1. The molecule has 0 spiro atoms. The first kappa shape index (κ1) is 20.5. The normalized spacial score (nSPS) is 21.1. The molecule has 0 radical (unpaired) electrons. The van der Waals surface area contributed by atoms with Crippen LogP contribution in [0.5, 0.6) is 0 Å². The number of thioether (sulfide) groups is 1. The Morgan fingerprint density at radius 3 is 2.59 bits per heavy atom. The molecule has 1 aromatic heterocycles. The lowest BCUT2D eigenvalue weighted by atomic mass is 9.79. The number of aromatic nitrogens is 4. The Morgan fingerprint density at radius 2 is 1.93 bits per heavy atom. The maximum Gasteiger partial charge on any atom is 0.230 e. The maximum absolute atomic E-state index is 12.5. The second-order valence-corrected chi connectivity index (χ2v) is 9.44. The number of morpholine rings is 1. The van der Waals surface area contributed by atoms with Crippen molar-refractivity contribution in [2.24, 2.45) is 0 Å². The molecule has 9 heteroatoms. The van der Waals surface area contributed by atoms with Gasteiger partial charge < -0.3 is 10.1 Å². The summed E-state index contributed by atoms with van der Waals surface area (Å²) >= 11 is 1.39. The summed E-state index contributed by atoms with van der Waals surface area (Å²) in [5, 5.41) is 15.7.